The molecule has 200 valence electrons. The van der Waals surface area contributed by atoms with Crippen LogP contribution in [0.1, 0.15) is 38.2 Å². The summed E-state index contributed by atoms with van der Waals surface area (Å²) in [5, 5.41) is 13.7. The highest BCUT2D eigenvalue weighted by Crippen LogP contribution is 2.43. The van der Waals surface area contributed by atoms with Gasteiger partial charge in [-0.1, -0.05) is 41.4 Å². The molecule has 5 rings (SSSR count). The summed E-state index contributed by atoms with van der Waals surface area (Å²) in [5.74, 6) is -2.67. The van der Waals surface area contributed by atoms with Gasteiger partial charge in [-0.25, -0.2) is 8.78 Å². The summed E-state index contributed by atoms with van der Waals surface area (Å²) in [6.45, 7) is 1.50. The maximum absolute atomic E-state index is 14.0. The van der Waals surface area contributed by atoms with Crippen LogP contribution in [0.25, 0.3) is 10.9 Å². The number of aromatic nitrogens is 1. The molecule has 1 aromatic heterocycles. The highest BCUT2D eigenvalue weighted by atomic mass is 35.5. The Morgan fingerprint density at radius 2 is 1.90 bits per heavy atom. The van der Waals surface area contributed by atoms with Gasteiger partial charge in [0.25, 0.3) is 11.8 Å². The fraction of sp³-hybridized carbons (Fsp3) is 0.207. The Kier molecular flexibility index (Phi) is 7.10. The predicted molar refractivity (Wildman–Crippen MR) is 142 cm³/mol. The average Bonchev–Trinajstić information content (AvgIpc) is 3.20. The van der Waals surface area contributed by atoms with Gasteiger partial charge < -0.3 is 20.1 Å². The van der Waals surface area contributed by atoms with Gasteiger partial charge in [0.15, 0.2) is 12.4 Å². The standard InChI is InChI=1S/C29H24ClF2N3O4/c1-15-3-5-16(6-4-15)7-17-8-19-26(34-11-17)27(37)25-20(13-35(2)29(25)38)28(19)39-14-24(36)33-12-18-9-21(30)23(32)10-22(18)31/h3-6,8-11,37H,7,12-14H2,1-2H3,(H,33,36). The maximum atomic E-state index is 14.0. The van der Waals surface area contributed by atoms with Crippen LogP contribution in [-0.4, -0.2) is 40.5 Å². The number of nitrogens with one attached hydrogen (secondary N) is 1. The van der Waals surface area contributed by atoms with E-state index in [0.29, 0.717) is 23.4 Å². The number of nitrogens with zero attached hydrogens (tertiary/aromatic N) is 2. The van der Waals surface area contributed by atoms with Gasteiger partial charge in [-0.3, -0.25) is 14.6 Å². The molecule has 39 heavy (non-hydrogen) atoms. The van der Waals surface area contributed by atoms with Crippen LogP contribution < -0.4 is 10.1 Å². The van der Waals surface area contributed by atoms with Crippen LogP contribution in [0.5, 0.6) is 11.5 Å². The third kappa shape index (κ3) is 5.22. The first-order valence-corrected chi connectivity index (χ1v) is 12.5. The Balaban J connectivity index is 1.44. The Labute approximate surface area is 228 Å². The first-order chi connectivity index (χ1) is 18.6. The Morgan fingerprint density at radius 3 is 2.64 bits per heavy atom. The smallest absolute Gasteiger partial charge is 0.258 e. The molecular formula is C29H24ClF2N3O4. The number of pyridine rings is 1. The number of carbonyl (C=O) groups excluding carboxylic acids is 2. The topological polar surface area (TPSA) is 91.8 Å². The number of phenols is 1. The Hall–Kier alpha value is -4.24. The van der Waals surface area contributed by atoms with Crippen molar-refractivity contribution in [2.45, 2.75) is 26.4 Å². The third-order valence-electron chi connectivity index (χ3n) is 6.62. The van der Waals surface area contributed by atoms with Crippen LogP contribution in [-0.2, 0) is 24.3 Å². The molecule has 0 atom stereocenters. The van der Waals surface area contributed by atoms with Gasteiger partial charge in [0, 0.05) is 42.4 Å². The molecule has 3 aromatic carbocycles. The van der Waals surface area contributed by atoms with Crippen molar-refractivity contribution >= 4 is 34.3 Å². The normalized spacial score (nSPS) is 12.6. The highest BCUT2D eigenvalue weighted by Gasteiger charge is 2.34. The lowest BCUT2D eigenvalue weighted by Crippen LogP contribution is -2.29. The quantitative estimate of drug-likeness (QED) is 0.314. The van der Waals surface area contributed by atoms with E-state index < -0.39 is 24.1 Å². The molecule has 2 N–H and O–H groups in total. The first-order valence-electron chi connectivity index (χ1n) is 12.1. The summed E-state index contributed by atoms with van der Waals surface area (Å²) in [6, 6.07) is 11.7. The van der Waals surface area contributed by atoms with Gasteiger partial charge in [0.05, 0.1) is 17.1 Å². The van der Waals surface area contributed by atoms with Crippen LogP contribution in [0.15, 0.2) is 48.7 Å². The van der Waals surface area contributed by atoms with Crippen molar-refractivity contribution in [1.82, 2.24) is 15.2 Å². The van der Waals surface area contributed by atoms with E-state index in [1.54, 1.807) is 13.2 Å². The Bertz CT molecular complexity index is 1630. The number of hydrogen-bond acceptors (Lipinski definition) is 5. The molecule has 2 amide bonds. The number of hydrogen-bond donors (Lipinski definition) is 2. The fourth-order valence-electron chi connectivity index (χ4n) is 4.57. The van der Waals surface area contributed by atoms with Gasteiger partial charge in [-0.2, -0.15) is 0 Å². The van der Waals surface area contributed by atoms with Crippen molar-refractivity contribution in [3.8, 4) is 11.5 Å². The van der Waals surface area contributed by atoms with Crippen molar-refractivity contribution in [2.24, 2.45) is 0 Å². The van der Waals surface area contributed by atoms with E-state index in [1.165, 1.54) is 4.90 Å². The van der Waals surface area contributed by atoms with Crippen molar-refractivity contribution in [2.75, 3.05) is 13.7 Å². The minimum atomic E-state index is -0.893. The average molecular weight is 552 g/mol. The summed E-state index contributed by atoms with van der Waals surface area (Å²) >= 11 is 5.72. The third-order valence-corrected chi connectivity index (χ3v) is 6.91. The molecular weight excluding hydrogens is 528 g/mol. The van der Waals surface area contributed by atoms with Crippen LogP contribution in [0, 0.1) is 18.6 Å². The minimum absolute atomic E-state index is 0.0166. The number of rotatable bonds is 7. The van der Waals surface area contributed by atoms with E-state index >= 15 is 0 Å². The molecule has 10 heteroatoms. The second-order valence-corrected chi connectivity index (χ2v) is 9.92. The second kappa shape index (κ2) is 10.5. The molecule has 7 nitrogen and oxygen atoms in total. The number of ether oxygens (including phenoxy) is 1. The van der Waals surface area contributed by atoms with E-state index in [4.69, 9.17) is 16.3 Å². The summed E-state index contributed by atoms with van der Waals surface area (Å²) in [4.78, 5) is 31.2. The number of phenolic OH excluding ortho intramolecular Hbond substituents is 1. The summed E-state index contributed by atoms with van der Waals surface area (Å²) in [7, 11) is 1.60. The minimum Gasteiger partial charge on any atom is -0.505 e. The van der Waals surface area contributed by atoms with E-state index in [2.05, 4.69) is 10.3 Å². The van der Waals surface area contributed by atoms with E-state index in [0.717, 1.165) is 22.8 Å². The lowest BCUT2D eigenvalue weighted by Gasteiger charge is -2.16. The summed E-state index contributed by atoms with van der Waals surface area (Å²) in [5.41, 5.74) is 3.79. The zero-order valence-corrected chi connectivity index (χ0v) is 21.9. The van der Waals surface area contributed by atoms with Gasteiger partial charge in [-0.15, -0.1) is 0 Å². The number of halogens is 3. The molecule has 2 heterocycles. The van der Waals surface area contributed by atoms with Gasteiger partial charge >= 0.3 is 0 Å². The van der Waals surface area contributed by atoms with Gasteiger partial charge in [0.2, 0.25) is 0 Å². The molecule has 0 saturated heterocycles. The number of aromatic hydroxyl groups is 1. The van der Waals surface area contributed by atoms with Crippen molar-refractivity contribution in [3.63, 3.8) is 0 Å². The van der Waals surface area contributed by atoms with Gasteiger partial charge in [0.1, 0.15) is 22.9 Å². The Morgan fingerprint density at radius 1 is 1.15 bits per heavy atom. The first kappa shape index (κ1) is 26.4. The number of carbonyl (C=O) groups is 2. The molecule has 0 fully saturated rings. The zero-order valence-electron chi connectivity index (χ0n) is 21.1. The highest BCUT2D eigenvalue weighted by molar-refractivity contribution is 6.30. The molecule has 0 spiro atoms. The van der Waals surface area contributed by atoms with E-state index in [-0.39, 0.29) is 52.2 Å². The predicted octanol–water partition coefficient (Wildman–Crippen LogP) is 5.05. The van der Waals surface area contributed by atoms with E-state index in [9.17, 15) is 23.5 Å². The SMILES string of the molecule is Cc1ccc(Cc2cnc3c(O)c4c(c(OCC(=O)NCc5cc(Cl)c(F)cc5F)c3c2)CN(C)C4=O)cc1. The number of amides is 2. The fourth-order valence-corrected chi connectivity index (χ4v) is 4.76. The number of fused-ring (bicyclic) bond motifs is 2. The molecule has 1 aliphatic heterocycles. The summed E-state index contributed by atoms with van der Waals surface area (Å²) in [6.07, 6.45) is 2.21. The molecule has 0 saturated carbocycles. The largest absolute Gasteiger partial charge is 0.505 e. The molecule has 0 radical (unpaired) electrons. The van der Waals surface area contributed by atoms with Crippen molar-refractivity contribution in [1.29, 1.82) is 0 Å². The van der Waals surface area contributed by atoms with Crippen molar-refractivity contribution < 1.29 is 28.2 Å². The molecule has 4 aromatic rings. The summed E-state index contributed by atoms with van der Waals surface area (Å²) < 4.78 is 33.4. The molecule has 1 aliphatic rings. The lowest BCUT2D eigenvalue weighted by atomic mass is 9.99. The monoisotopic (exact) mass is 551 g/mol. The lowest BCUT2D eigenvalue weighted by molar-refractivity contribution is -0.123. The number of benzene rings is 3. The number of aryl methyl sites for hydroxylation is 1. The van der Waals surface area contributed by atoms with Crippen molar-refractivity contribution in [3.05, 3.63) is 98.7 Å². The van der Waals surface area contributed by atoms with Crippen LogP contribution in [0.3, 0.4) is 0 Å². The second-order valence-electron chi connectivity index (χ2n) is 9.52. The van der Waals surface area contributed by atoms with Crippen LogP contribution >= 0.6 is 11.6 Å². The van der Waals surface area contributed by atoms with Crippen LogP contribution in [0.2, 0.25) is 5.02 Å². The van der Waals surface area contributed by atoms with E-state index in [1.807, 2.05) is 37.3 Å². The van der Waals surface area contributed by atoms with Gasteiger partial charge in [-0.05, 0) is 36.6 Å². The zero-order chi connectivity index (χ0) is 27.8. The molecule has 0 bridgehead atoms. The van der Waals surface area contributed by atoms with Crippen LogP contribution in [0.4, 0.5) is 8.78 Å². The molecule has 0 unspecified atom stereocenters. The maximum Gasteiger partial charge on any atom is 0.258 e. The molecule has 0 aliphatic carbocycles.